The third-order valence-corrected chi connectivity index (χ3v) is 7.41. The first-order valence-electron chi connectivity index (χ1n) is 14.7. The van der Waals surface area contributed by atoms with Gasteiger partial charge in [0.25, 0.3) is 0 Å². The van der Waals surface area contributed by atoms with Crippen molar-refractivity contribution in [3.05, 3.63) is 125 Å². The fraction of sp³-hybridized carbons (Fsp3) is 0.222. The summed E-state index contributed by atoms with van der Waals surface area (Å²) in [7, 11) is 3.91. The summed E-state index contributed by atoms with van der Waals surface area (Å²) in [5.41, 5.74) is 5.54. The Morgan fingerprint density at radius 1 is 0.864 bits per heavy atom. The Hall–Kier alpha value is -5.08. The van der Waals surface area contributed by atoms with Crippen molar-refractivity contribution in [1.82, 2.24) is 4.90 Å². The van der Waals surface area contributed by atoms with Crippen LogP contribution in [0.1, 0.15) is 46.3 Å². The highest BCUT2D eigenvalue weighted by atomic mass is 16.5. The van der Waals surface area contributed by atoms with Crippen LogP contribution in [-0.4, -0.2) is 55.6 Å². The van der Waals surface area contributed by atoms with E-state index < -0.39 is 11.9 Å². The van der Waals surface area contributed by atoms with Crippen molar-refractivity contribution in [1.29, 1.82) is 0 Å². The van der Waals surface area contributed by atoms with Crippen LogP contribution in [0.25, 0.3) is 0 Å². The van der Waals surface area contributed by atoms with E-state index in [4.69, 9.17) is 9.73 Å². The van der Waals surface area contributed by atoms with Crippen molar-refractivity contribution in [3.8, 4) is 0 Å². The maximum Gasteiger partial charge on any atom is 0.338 e. The van der Waals surface area contributed by atoms with Crippen LogP contribution in [0.5, 0.6) is 0 Å². The standard InChI is InChI=1S/C36H36N4O4/c1-4-44-36(43)27-15-20-30-31(23-27)38-35(42)33(30)34(26-13-9-6-10-14-26)37-28-16-18-29(19-17-28)40(32(41)21-22-39(2)3)24-25-11-7-5-8-12-25/h5-20,23,33H,4,21-22,24H2,1-3H3,(H,38,42). The largest absolute Gasteiger partial charge is 0.462 e. The lowest BCUT2D eigenvalue weighted by Gasteiger charge is -2.24. The maximum atomic E-state index is 13.4. The fourth-order valence-corrected chi connectivity index (χ4v) is 5.17. The summed E-state index contributed by atoms with van der Waals surface area (Å²) in [4.78, 5) is 47.8. The Labute approximate surface area is 258 Å². The summed E-state index contributed by atoms with van der Waals surface area (Å²) in [6, 6.07) is 32.1. The van der Waals surface area contributed by atoms with E-state index in [2.05, 4.69) is 5.32 Å². The molecule has 44 heavy (non-hydrogen) atoms. The second-order valence-corrected chi connectivity index (χ2v) is 10.8. The Balaban J connectivity index is 1.48. The highest BCUT2D eigenvalue weighted by molar-refractivity contribution is 6.24. The molecule has 4 aromatic rings. The van der Waals surface area contributed by atoms with Crippen molar-refractivity contribution >= 4 is 40.6 Å². The van der Waals surface area contributed by atoms with E-state index >= 15 is 0 Å². The number of ether oxygens (including phenoxy) is 1. The molecule has 8 heteroatoms. The summed E-state index contributed by atoms with van der Waals surface area (Å²) in [5, 5.41) is 2.93. The van der Waals surface area contributed by atoms with Gasteiger partial charge in [-0.25, -0.2) is 4.79 Å². The molecular weight excluding hydrogens is 552 g/mol. The van der Waals surface area contributed by atoms with Crippen LogP contribution in [0.2, 0.25) is 0 Å². The molecule has 0 aromatic heterocycles. The summed E-state index contributed by atoms with van der Waals surface area (Å²) in [6.07, 6.45) is 0.395. The summed E-state index contributed by atoms with van der Waals surface area (Å²) in [5.74, 6) is -1.30. The number of rotatable bonds is 11. The number of hydrogen-bond acceptors (Lipinski definition) is 6. The van der Waals surface area contributed by atoms with Gasteiger partial charge < -0.3 is 19.9 Å². The van der Waals surface area contributed by atoms with Gasteiger partial charge in [0.05, 0.1) is 30.1 Å². The zero-order chi connectivity index (χ0) is 31.1. The minimum Gasteiger partial charge on any atom is -0.462 e. The van der Waals surface area contributed by atoms with Gasteiger partial charge in [0.1, 0.15) is 5.92 Å². The zero-order valence-electron chi connectivity index (χ0n) is 25.2. The smallest absolute Gasteiger partial charge is 0.338 e. The van der Waals surface area contributed by atoms with Crippen LogP contribution >= 0.6 is 0 Å². The van der Waals surface area contributed by atoms with Crippen molar-refractivity contribution in [2.75, 3.05) is 37.5 Å². The summed E-state index contributed by atoms with van der Waals surface area (Å²) in [6.45, 7) is 3.13. The van der Waals surface area contributed by atoms with Gasteiger partial charge >= 0.3 is 5.97 Å². The maximum absolute atomic E-state index is 13.4. The molecule has 1 unspecified atom stereocenters. The molecule has 4 aromatic carbocycles. The molecule has 0 saturated heterocycles. The number of anilines is 2. The number of carbonyl (C=O) groups is 3. The number of nitrogens with one attached hydrogen (secondary N) is 1. The van der Waals surface area contributed by atoms with E-state index in [0.717, 1.165) is 22.4 Å². The highest BCUT2D eigenvalue weighted by Gasteiger charge is 2.36. The lowest BCUT2D eigenvalue weighted by molar-refractivity contribution is -0.119. The Morgan fingerprint density at radius 3 is 2.20 bits per heavy atom. The second-order valence-electron chi connectivity index (χ2n) is 10.8. The average molecular weight is 589 g/mol. The highest BCUT2D eigenvalue weighted by Crippen LogP contribution is 2.37. The van der Waals surface area contributed by atoms with Gasteiger partial charge in [-0.05, 0) is 74.1 Å². The van der Waals surface area contributed by atoms with Gasteiger partial charge in [-0.2, -0.15) is 0 Å². The molecule has 0 fully saturated rings. The molecule has 5 rings (SSSR count). The van der Waals surface area contributed by atoms with E-state index in [-0.39, 0.29) is 18.4 Å². The Morgan fingerprint density at radius 2 is 1.55 bits per heavy atom. The molecule has 0 aliphatic carbocycles. The number of esters is 1. The van der Waals surface area contributed by atoms with Gasteiger partial charge in [0, 0.05) is 24.3 Å². The lowest BCUT2D eigenvalue weighted by atomic mass is 9.90. The SMILES string of the molecule is CCOC(=O)c1ccc2c(c1)NC(=O)C2C(=Nc1ccc(N(Cc2ccccc2)C(=O)CCN(C)C)cc1)c1ccccc1. The van der Waals surface area contributed by atoms with Crippen molar-refractivity contribution in [2.24, 2.45) is 4.99 Å². The van der Waals surface area contributed by atoms with E-state index in [0.29, 0.717) is 42.2 Å². The predicted octanol–water partition coefficient (Wildman–Crippen LogP) is 6.20. The zero-order valence-corrected chi connectivity index (χ0v) is 25.2. The first-order valence-corrected chi connectivity index (χ1v) is 14.7. The van der Waals surface area contributed by atoms with Crippen LogP contribution in [0.4, 0.5) is 17.1 Å². The van der Waals surface area contributed by atoms with Crippen LogP contribution in [0.15, 0.2) is 108 Å². The number of fused-ring (bicyclic) bond motifs is 1. The van der Waals surface area contributed by atoms with Gasteiger partial charge in [-0.3, -0.25) is 14.6 Å². The second kappa shape index (κ2) is 13.9. The molecule has 0 radical (unpaired) electrons. The van der Waals surface area contributed by atoms with Gasteiger partial charge in [0.15, 0.2) is 0 Å². The first-order chi connectivity index (χ1) is 21.3. The van der Waals surface area contributed by atoms with Crippen LogP contribution < -0.4 is 10.2 Å². The Kier molecular flexibility index (Phi) is 9.62. The summed E-state index contributed by atoms with van der Waals surface area (Å²) >= 11 is 0. The first kappa shape index (κ1) is 30.4. The molecule has 1 aliphatic heterocycles. The topological polar surface area (TPSA) is 91.3 Å². The van der Waals surface area contributed by atoms with Gasteiger partial charge in [-0.1, -0.05) is 66.7 Å². The minimum absolute atomic E-state index is 0.0326. The predicted molar refractivity (Wildman–Crippen MR) is 174 cm³/mol. The number of nitrogens with zero attached hydrogens (tertiary/aromatic N) is 3. The molecule has 1 atom stereocenters. The molecule has 224 valence electrons. The van der Waals surface area contributed by atoms with Crippen molar-refractivity contribution in [2.45, 2.75) is 25.8 Å². The Bertz CT molecular complexity index is 1650. The number of carbonyl (C=O) groups excluding carboxylic acids is 3. The molecule has 2 amide bonds. The van der Waals surface area contributed by atoms with E-state index in [9.17, 15) is 14.4 Å². The molecule has 1 aliphatic rings. The molecular formula is C36H36N4O4. The van der Waals surface area contributed by atoms with Crippen LogP contribution in [0.3, 0.4) is 0 Å². The third kappa shape index (κ3) is 7.10. The average Bonchev–Trinajstić information content (AvgIpc) is 3.37. The monoisotopic (exact) mass is 588 g/mol. The molecule has 0 bridgehead atoms. The van der Waals surface area contributed by atoms with Gasteiger partial charge in [0.2, 0.25) is 11.8 Å². The lowest BCUT2D eigenvalue weighted by Crippen LogP contribution is -2.32. The molecule has 0 saturated carbocycles. The fourth-order valence-electron chi connectivity index (χ4n) is 5.17. The normalized spacial score (nSPS) is 14.2. The third-order valence-electron chi connectivity index (χ3n) is 7.41. The summed E-state index contributed by atoms with van der Waals surface area (Å²) < 4.78 is 5.13. The number of amides is 2. The molecule has 1 heterocycles. The minimum atomic E-state index is -0.675. The van der Waals surface area contributed by atoms with E-state index in [1.807, 2.05) is 104 Å². The molecule has 8 nitrogen and oxygen atoms in total. The van der Waals surface area contributed by atoms with Crippen molar-refractivity contribution < 1.29 is 19.1 Å². The quantitative estimate of drug-likeness (QED) is 0.166. The number of hydrogen-bond donors (Lipinski definition) is 1. The van der Waals surface area contributed by atoms with Gasteiger partial charge in [-0.15, -0.1) is 0 Å². The molecule has 1 N–H and O–H groups in total. The van der Waals surface area contributed by atoms with Crippen LogP contribution in [0, 0.1) is 0 Å². The van der Waals surface area contributed by atoms with E-state index in [1.165, 1.54) is 0 Å². The van der Waals surface area contributed by atoms with E-state index in [1.54, 1.807) is 30.0 Å². The molecule has 0 spiro atoms. The number of aliphatic imine (C=N–C) groups is 1. The van der Waals surface area contributed by atoms with Crippen molar-refractivity contribution in [3.63, 3.8) is 0 Å². The number of benzene rings is 4. The van der Waals surface area contributed by atoms with Crippen LogP contribution in [-0.2, 0) is 20.9 Å².